The number of thiophene rings is 1. The summed E-state index contributed by atoms with van der Waals surface area (Å²) in [7, 11) is 2.43. The fourth-order valence-corrected chi connectivity index (χ4v) is 1.96. The highest BCUT2D eigenvalue weighted by molar-refractivity contribution is 7.10. The number of esters is 2. The smallest absolute Gasteiger partial charge is 0.339 e. The Kier molecular flexibility index (Phi) is 3.81. The molecule has 0 aliphatic heterocycles. The largest absolute Gasteiger partial charge is 0.465 e. The number of ether oxygens (including phenoxy) is 2. The van der Waals surface area contributed by atoms with E-state index in [0.717, 1.165) is 11.3 Å². The molecular weight excluding hydrogens is 220 g/mol. The molecule has 0 aromatic carbocycles. The number of carbonyl (C=O) groups excluding carboxylic acids is 2. The van der Waals surface area contributed by atoms with Crippen molar-refractivity contribution >= 4 is 23.3 Å². The molecule has 0 bridgehead atoms. The van der Waals surface area contributed by atoms with Crippen molar-refractivity contribution < 1.29 is 24.2 Å². The second-order valence-corrected chi connectivity index (χ2v) is 3.55. The summed E-state index contributed by atoms with van der Waals surface area (Å²) in [5, 5.41) is 10.4. The van der Waals surface area contributed by atoms with Gasteiger partial charge in [0.1, 0.15) is 0 Å². The van der Waals surface area contributed by atoms with Gasteiger partial charge in [-0.1, -0.05) is 0 Å². The van der Waals surface area contributed by atoms with Crippen LogP contribution in [0.15, 0.2) is 5.38 Å². The molecule has 0 aliphatic carbocycles. The fourth-order valence-electron chi connectivity index (χ4n) is 1.10. The predicted molar refractivity (Wildman–Crippen MR) is 52.9 cm³/mol. The van der Waals surface area contributed by atoms with E-state index in [4.69, 9.17) is 5.11 Å². The lowest BCUT2D eigenvalue weighted by Gasteiger charge is -2.02. The predicted octanol–water partition coefficient (Wildman–Crippen LogP) is 0.814. The zero-order chi connectivity index (χ0) is 11.4. The summed E-state index contributed by atoms with van der Waals surface area (Å²) in [6, 6.07) is 0. The summed E-state index contributed by atoms with van der Waals surface area (Å²) >= 11 is 1.11. The molecule has 1 N–H and O–H groups in total. The zero-order valence-electron chi connectivity index (χ0n) is 8.27. The van der Waals surface area contributed by atoms with E-state index in [1.165, 1.54) is 19.6 Å². The molecule has 1 aromatic heterocycles. The standard InChI is InChI=1S/C9H10O5S/c1-13-8(11)5-4-15-6(3-10)7(5)9(12)14-2/h4,10H,3H2,1-2H3. The summed E-state index contributed by atoms with van der Waals surface area (Å²) in [5.41, 5.74) is 0.204. The number of aliphatic hydroxyl groups excluding tert-OH is 1. The van der Waals surface area contributed by atoms with Crippen molar-refractivity contribution in [2.45, 2.75) is 6.61 Å². The minimum Gasteiger partial charge on any atom is -0.465 e. The Bertz CT molecular complexity index is 382. The summed E-state index contributed by atoms with van der Waals surface area (Å²) in [6.07, 6.45) is 0. The van der Waals surface area contributed by atoms with Gasteiger partial charge in [-0.25, -0.2) is 9.59 Å². The Balaban J connectivity index is 3.23. The molecule has 0 atom stereocenters. The van der Waals surface area contributed by atoms with Crippen molar-refractivity contribution in [3.05, 3.63) is 21.4 Å². The molecule has 0 fully saturated rings. The quantitative estimate of drug-likeness (QED) is 0.778. The minimum absolute atomic E-state index is 0.0804. The maximum atomic E-state index is 11.4. The van der Waals surface area contributed by atoms with Gasteiger partial charge in [0.25, 0.3) is 0 Å². The van der Waals surface area contributed by atoms with Crippen LogP contribution in [0.4, 0.5) is 0 Å². The lowest BCUT2D eigenvalue weighted by Crippen LogP contribution is -2.11. The molecule has 5 nitrogen and oxygen atoms in total. The Labute approximate surface area is 90.2 Å². The van der Waals surface area contributed by atoms with E-state index in [9.17, 15) is 9.59 Å². The third-order valence-electron chi connectivity index (χ3n) is 1.81. The molecule has 82 valence electrons. The molecule has 1 heterocycles. The van der Waals surface area contributed by atoms with Crippen molar-refractivity contribution in [1.82, 2.24) is 0 Å². The van der Waals surface area contributed by atoms with Crippen molar-refractivity contribution in [3.8, 4) is 0 Å². The molecule has 6 heteroatoms. The molecule has 0 spiro atoms. The topological polar surface area (TPSA) is 72.8 Å². The molecule has 15 heavy (non-hydrogen) atoms. The number of hydrogen-bond acceptors (Lipinski definition) is 6. The zero-order valence-corrected chi connectivity index (χ0v) is 9.09. The van der Waals surface area contributed by atoms with Gasteiger partial charge in [0, 0.05) is 10.3 Å². The van der Waals surface area contributed by atoms with E-state index in [1.807, 2.05) is 0 Å². The SMILES string of the molecule is COC(=O)c1csc(CO)c1C(=O)OC. The van der Waals surface area contributed by atoms with Crippen LogP contribution >= 0.6 is 11.3 Å². The first-order chi connectivity index (χ1) is 7.15. The normalized spacial score (nSPS) is 9.80. The molecule has 0 saturated heterocycles. The number of methoxy groups -OCH3 is 2. The number of carbonyl (C=O) groups is 2. The van der Waals surface area contributed by atoms with Crippen LogP contribution in [0.1, 0.15) is 25.6 Å². The Morgan fingerprint density at radius 3 is 2.40 bits per heavy atom. The highest BCUT2D eigenvalue weighted by Crippen LogP contribution is 2.24. The van der Waals surface area contributed by atoms with Crippen LogP contribution in [-0.4, -0.2) is 31.3 Å². The second-order valence-electron chi connectivity index (χ2n) is 2.59. The first-order valence-electron chi connectivity index (χ1n) is 4.03. The lowest BCUT2D eigenvalue weighted by molar-refractivity contribution is 0.0554. The second kappa shape index (κ2) is 4.90. The first-order valence-corrected chi connectivity index (χ1v) is 4.91. The molecule has 0 saturated carbocycles. The van der Waals surface area contributed by atoms with Gasteiger partial charge >= 0.3 is 11.9 Å². The van der Waals surface area contributed by atoms with Crippen molar-refractivity contribution in [3.63, 3.8) is 0 Å². The van der Waals surface area contributed by atoms with E-state index in [0.29, 0.717) is 4.88 Å². The fraction of sp³-hybridized carbons (Fsp3) is 0.333. The maximum Gasteiger partial charge on any atom is 0.339 e. The van der Waals surface area contributed by atoms with Crippen LogP contribution in [0.2, 0.25) is 0 Å². The number of hydrogen-bond donors (Lipinski definition) is 1. The van der Waals surface area contributed by atoms with E-state index in [1.54, 1.807) is 0 Å². The van der Waals surface area contributed by atoms with E-state index >= 15 is 0 Å². The average Bonchev–Trinajstić information content (AvgIpc) is 2.70. The third kappa shape index (κ3) is 2.16. The monoisotopic (exact) mass is 230 g/mol. The van der Waals surface area contributed by atoms with Crippen molar-refractivity contribution in [2.75, 3.05) is 14.2 Å². The van der Waals surface area contributed by atoms with Crippen LogP contribution < -0.4 is 0 Å². The van der Waals surface area contributed by atoms with Crippen LogP contribution in [0.25, 0.3) is 0 Å². The van der Waals surface area contributed by atoms with Crippen LogP contribution in [0, 0.1) is 0 Å². The van der Waals surface area contributed by atoms with E-state index in [2.05, 4.69) is 9.47 Å². The summed E-state index contributed by atoms with van der Waals surface area (Å²) < 4.78 is 9.03. The van der Waals surface area contributed by atoms with Gasteiger partial charge in [0.2, 0.25) is 0 Å². The Morgan fingerprint density at radius 2 is 1.93 bits per heavy atom. The highest BCUT2D eigenvalue weighted by Gasteiger charge is 2.23. The van der Waals surface area contributed by atoms with Gasteiger partial charge in [-0.2, -0.15) is 0 Å². The molecule has 0 amide bonds. The van der Waals surface area contributed by atoms with Crippen LogP contribution in [0.3, 0.4) is 0 Å². The van der Waals surface area contributed by atoms with Gasteiger partial charge < -0.3 is 14.6 Å². The summed E-state index contributed by atoms with van der Waals surface area (Å²) in [4.78, 5) is 23.0. The average molecular weight is 230 g/mol. The van der Waals surface area contributed by atoms with Crippen LogP contribution in [0.5, 0.6) is 0 Å². The first kappa shape index (κ1) is 11.7. The molecule has 1 rings (SSSR count). The maximum absolute atomic E-state index is 11.4. The molecular formula is C9H10O5S. The minimum atomic E-state index is -0.652. The van der Waals surface area contributed by atoms with Gasteiger partial charge in [0.15, 0.2) is 0 Å². The number of rotatable bonds is 3. The lowest BCUT2D eigenvalue weighted by atomic mass is 10.1. The number of aliphatic hydroxyl groups is 1. The Morgan fingerprint density at radius 1 is 1.33 bits per heavy atom. The summed E-state index contributed by atoms with van der Waals surface area (Å²) in [6.45, 7) is -0.313. The van der Waals surface area contributed by atoms with Gasteiger partial charge in [-0.05, 0) is 0 Å². The van der Waals surface area contributed by atoms with Crippen molar-refractivity contribution in [2.24, 2.45) is 0 Å². The molecule has 0 aliphatic rings. The van der Waals surface area contributed by atoms with Gasteiger partial charge in [0.05, 0.1) is 32.0 Å². The van der Waals surface area contributed by atoms with Gasteiger partial charge in [-0.15, -0.1) is 11.3 Å². The molecule has 0 radical (unpaired) electrons. The van der Waals surface area contributed by atoms with E-state index in [-0.39, 0.29) is 17.7 Å². The van der Waals surface area contributed by atoms with Crippen LogP contribution in [-0.2, 0) is 16.1 Å². The van der Waals surface area contributed by atoms with Gasteiger partial charge in [-0.3, -0.25) is 0 Å². The van der Waals surface area contributed by atoms with E-state index < -0.39 is 11.9 Å². The Hall–Kier alpha value is -1.40. The molecule has 1 aromatic rings. The molecule has 0 unspecified atom stereocenters. The van der Waals surface area contributed by atoms with Crippen molar-refractivity contribution in [1.29, 1.82) is 0 Å². The third-order valence-corrected chi connectivity index (χ3v) is 2.78. The summed E-state index contributed by atoms with van der Waals surface area (Å²) in [5.74, 6) is -1.27. The highest BCUT2D eigenvalue weighted by atomic mass is 32.1.